The molecule has 0 radical (unpaired) electrons. The van der Waals surface area contributed by atoms with Crippen LogP contribution in [0.5, 0.6) is 0 Å². The number of nitrogens with zero attached hydrogens (tertiary/aromatic N) is 3. The molecule has 0 bridgehead atoms. The summed E-state index contributed by atoms with van der Waals surface area (Å²) < 4.78 is 1.88. The van der Waals surface area contributed by atoms with Gasteiger partial charge >= 0.3 is 0 Å². The summed E-state index contributed by atoms with van der Waals surface area (Å²) in [5.41, 5.74) is 3.71. The normalized spacial score (nSPS) is 17.2. The van der Waals surface area contributed by atoms with E-state index >= 15 is 0 Å². The highest BCUT2D eigenvalue weighted by molar-refractivity contribution is 5.97. The van der Waals surface area contributed by atoms with Crippen LogP contribution in [0.4, 0.5) is 5.69 Å². The van der Waals surface area contributed by atoms with Gasteiger partial charge in [0, 0.05) is 23.8 Å². The third-order valence-electron chi connectivity index (χ3n) is 4.97. The zero-order chi connectivity index (χ0) is 19.6. The zero-order valence-corrected chi connectivity index (χ0v) is 16.5. The van der Waals surface area contributed by atoms with Gasteiger partial charge in [-0.1, -0.05) is 13.8 Å². The van der Waals surface area contributed by atoms with E-state index in [1.165, 1.54) is 0 Å². The predicted molar refractivity (Wildman–Crippen MR) is 106 cm³/mol. The third-order valence-corrected chi connectivity index (χ3v) is 4.97. The van der Waals surface area contributed by atoms with Crippen molar-refractivity contribution in [3.05, 3.63) is 41.7 Å². The zero-order valence-electron chi connectivity index (χ0n) is 16.5. The molecule has 6 heteroatoms. The number of likely N-dealkylation sites (tertiary alicyclic amines) is 1. The summed E-state index contributed by atoms with van der Waals surface area (Å²) in [5, 5.41) is 7.45. The first kappa shape index (κ1) is 19.1. The van der Waals surface area contributed by atoms with Crippen LogP contribution in [0.1, 0.15) is 44.5 Å². The number of anilines is 1. The molecule has 0 spiro atoms. The first-order chi connectivity index (χ1) is 12.9. The van der Waals surface area contributed by atoms with Gasteiger partial charge in [0.05, 0.1) is 11.4 Å². The van der Waals surface area contributed by atoms with Crippen molar-refractivity contribution in [1.29, 1.82) is 0 Å². The molecule has 0 unspecified atom stereocenters. The van der Waals surface area contributed by atoms with Gasteiger partial charge in [0.2, 0.25) is 11.8 Å². The van der Waals surface area contributed by atoms with E-state index in [9.17, 15) is 9.59 Å². The van der Waals surface area contributed by atoms with Crippen molar-refractivity contribution < 1.29 is 9.59 Å². The van der Waals surface area contributed by atoms with E-state index < -0.39 is 0 Å². The van der Waals surface area contributed by atoms with Gasteiger partial charge in [-0.3, -0.25) is 9.59 Å². The lowest BCUT2D eigenvalue weighted by Crippen LogP contribution is -2.51. The minimum absolute atomic E-state index is 0.0507. The standard InChI is InChI=1S/C21H28N4O2/c1-14(2)21(27)24-12-6-5-7-19(24)20(26)22-17-8-10-18(11-9-17)25-16(4)13-15(3)23-25/h8-11,13-14,19H,5-7,12H2,1-4H3,(H,22,26)/t19-/m1/s1. The first-order valence-corrected chi connectivity index (χ1v) is 9.62. The van der Waals surface area contributed by atoms with E-state index in [1.807, 2.05) is 62.7 Å². The van der Waals surface area contributed by atoms with Gasteiger partial charge in [0.25, 0.3) is 0 Å². The maximum absolute atomic E-state index is 12.8. The summed E-state index contributed by atoms with van der Waals surface area (Å²) >= 11 is 0. The Morgan fingerprint density at radius 1 is 1.15 bits per heavy atom. The van der Waals surface area contributed by atoms with E-state index in [0.29, 0.717) is 13.0 Å². The predicted octanol–water partition coefficient (Wildman–Crippen LogP) is 3.46. The molecular formula is C21H28N4O2. The number of aryl methyl sites for hydroxylation is 2. The second kappa shape index (κ2) is 7.94. The van der Waals surface area contributed by atoms with Crippen molar-refractivity contribution in [2.24, 2.45) is 5.92 Å². The molecule has 6 nitrogen and oxygen atoms in total. The number of carbonyl (C=O) groups is 2. The second-order valence-corrected chi connectivity index (χ2v) is 7.57. The van der Waals surface area contributed by atoms with Crippen LogP contribution in [0.2, 0.25) is 0 Å². The minimum atomic E-state index is -0.385. The molecule has 27 heavy (non-hydrogen) atoms. The smallest absolute Gasteiger partial charge is 0.247 e. The molecule has 1 fully saturated rings. The molecule has 2 aromatic rings. The molecule has 1 saturated heterocycles. The van der Waals surface area contributed by atoms with Crippen molar-refractivity contribution in [3.8, 4) is 5.69 Å². The van der Waals surface area contributed by atoms with Crippen molar-refractivity contribution in [1.82, 2.24) is 14.7 Å². The Bertz CT molecular complexity index is 823. The molecular weight excluding hydrogens is 340 g/mol. The molecule has 0 aliphatic carbocycles. The largest absolute Gasteiger partial charge is 0.330 e. The molecule has 2 amide bonds. The molecule has 1 N–H and O–H groups in total. The van der Waals surface area contributed by atoms with Gasteiger partial charge in [0.1, 0.15) is 6.04 Å². The third kappa shape index (κ3) is 4.21. The number of carbonyl (C=O) groups excluding carboxylic acids is 2. The fourth-order valence-electron chi connectivity index (χ4n) is 3.60. The average molecular weight is 368 g/mol. The lowest BCUT2D eigenvalue weighted by molar-refractivity contribution is -0.142. The molecule has 1 atom stereocenters. The highest BCUT2D eigenvalue weighted by Gasteiger charge is 2.33. The maximum Gasteiger partial charge on any atom is 0.247 e. The molecule has 0 saturated carbocycles. The Labute approximate surface area is 160 Å². The van der Waals surface area contributed by atoms with Crippen LogP contribution in [-0.2, 0) is 9.59 Å². The quantitative estimate of drug-likeness (QED) is 0.899. The van der Waals surface area contributed by atoms with Crippen LogP contribution in [-0.4, -0.2) is 39.1 Å². The lowest BCUT2D eigenvalue weighted by atomic mass is 9.99. The summed E-state index contributed by atoms with van der Waals surface area (Å²) in [7, 11) is 0. The van der Waals surface area contributed by atoms with Crippen molar-refractivity contribution >= 4 is 17.5 Å². The van der Waals surface area contributed by atoms with Gasteiger partial charge in [-0.05, 0) is 63.4 Å². The van der Waals surface area contributed by atoms with E-state index in [-0.39, 0.29) is 23.8 Å². The molecule has 1 aliphatic rings. The van der Waals surface area contributed by atoms with E-state index in [4.69, 9.17) is 0 Å². The number of amides is 2. The van der Waals surface area contributed by atoms with Crippen molar-refractivity contribution in [3.63, 3.8) is 0 Å². The van der Waals surface area contributed by atoms with Crippen molar-refractivity contribution in [2.75, 3.05) is 11.9 Å². The van der Waals surface area contributed by atoms with Crippen LogP contribution in [0.15, 0.2) is 30.3 Å². The Morgan fingerprint density at radius 3 is 2.44 bits per heavy atom. The summed E-state index contributed by atoms with van der Waals surface area (Å²) in [6.45, 7) is 8.39. The lowest BCUT2D eigenvalue weighted by Gasteiger charge is -2.35. The molecule has 1 aromatic heterocycles. The van der Waals surface area contributed by atoms with Gasteiger partial charge in [-0.15, -0.1) is 0 Å². The van der Waals surface area contributed by atoms with E-state index in [1.54, 1.807) is 4.90 Å². The molecule has 1 aliphatic heterocycles. The molecule has 2 heterocycles. The van der Waals surface area contributed by atoms with E-state index in [2.05, 4.69) is 10.4 Å². The average Bonchev–Trinajstić information content (AvgIpc) is 2.99. The number of hydrogen-bond acceptors (Lipinski definition) is 3. The maximum atomic E-state index is 12.8. The number of piperidine rings is 1. The van der Waals surface area contributed by atoms with Gasteiger partial charge in [-0.25, -0.2) is 4.68 Å². The van der Waals surface area contributed by atoms with Gasteiger partial charge < -0.3 is 10.2 Å². The number of benzene rings is 1. The second-order valence-electron chi connectivity index (χ2n) is 7.57. The number of nitrogens with one attached hydrogen (secondary N) is 1. The SMILES string of the molecule is Cc1cc(C)n(-c2ccc(NC(=O)[C@H]3CCCCN3C(=O)C(C)C)cc2)n1. The van der Waals surface area contributed by atoms with Crippen LogP contribution >= 0.6 is 0 Å². The summed E-state index contributed by atoms with van der Waals surface area (Å²) in [6.07, 6.45) is 2.64. The summed E-state index contributed by atoms with van der Waals surface area (Å²) in [4.78, 5) is 27.0. The Kier molecular flexibility index (Phi) is 5.63. The fraction of sp³-hybridized carbons (Fsp3) is 0.476. The monoisotopic (exact) mass is 368 g/mol. The number of rotatable bonds is 4. The Balaban J connectivity index is 1.71. The summed E-state index contributed by atoms with van der Waals surface area (Å²) in [6, 6.07) is 9.27. The molecule has 3 rings (SSSR count). The highest BCUT2D eigenvalue weighted by Crippen LogP contribution is 2.22. The minimum Gasteiger partial charge on any atom is -0.330 e. The van der Waals surface area contributed by atoms with Gasteiger partial charge in [0.15, 0.2) is 0 Å². The summed E-state index contributed by atoms with van der Waals surface area (Å²) in [5.74, 6) is -0.157. The molecule has 144 valence electrons. The van der Waals surface area contributed by atoms with Gasteiger partial charge in [-0.2, -0.15) is 5.10 Å². The van der Waals surface area contributed by atoms with E-state index in [0.717, 1.165) is 35.6 Å². The highest BCUT2D eigenvalue weighted by atomic mass is 16.2. The van der Waals surface area contributed by atoms with Crippen LogP contribution in [0.25, 0.3) is 5.69 Å². The molecule has 1 aromatic carbocycles. The topological polar surface area (TPSA) is 67.2 Å². The van der Waals surface area contributed by atoms with Crippen LogP contribution in [0, 0.1) is 19.8 Å². The first-order valence-electron chi connectivity index (χ1n) is 9.62. The van der Waals surface area contributed by atoms with Crippen molar-refractivity contribution in [2.45, 2.75) is 53.0 Å². The Morgan fingerprint density at radius 2 is 1.85 bits per heavy atom. The Hall–Kier alpha value is -2.63. The fourth-order valence-corrected chi connectivity index (χ4v) is 3.60. The number of hydrogen-bond donors (Lipinski definition) is 1. The van der Waals surface area contributed by atoms with Crippen LogP contribution < -0.4 is 5.32 Å². The number of aromatic nitrogens is 2. The van der Waals surface area contributed by atoms with Crippen LogP contribution in [0.3, 0.4) is 0 Å².